The monoisotopic (exact) mass is 355 g/mol. The summed E-state index contributed by atoms with van der Waals surface area (Å²) in [6.45, 7) is 4.07. The number of halogens is 1. The highest BCUT2D eigenvalue weighted by Gasteiger charge is 2.29. The van der Waals surface area contributed by atoms with E-state index >= 15 is 0 Å². The van der Waals surface area contributed by atoms with Crippen molar-refractivity contribution in [3.05, 3.63) is 71.0 Å². The van der Waals surface area contributed by atoms with E-state index in [1.54, 1.807) is 21.9 Å². The van der Waals surface area contributed by atoms with Gasteiger partial charge in [-0.15, -0.1) is 0 Å². The van der Waals surface area contributed by atoms with E-state index in [0.717, 1.165) is 16.7 Å². The Morgan fingerprint density at radius 1 is 1.08 bits per heavy atom. The molecule has 3 rings (SSSR count). The van der Waals surface area contributed by atoms with E-state index in [0.29, 0.717) is 26.2 Å². The highest BCUT2D eigenvalue weighted by atomic mass is 19.1. The van der Waals surface area contributed by atoms with E-state index in [4.69, 9.17) is 0 Å². The van der Waals surface area contributed by atoms with Crippen LogP contribution in [0.2, 0.25) is 0 Å². The van der Waals surface area contributed by atoms with Crippen molar-refractivity contribution in [1.29, 1.82) is 0 Å². The van der Waals surface area contributed by atoms with Gasteiger partial charge in [0.15, 0.2) is 0 Å². The molecule has 0 aliphatic carbocycles. The largest absolute Gasteiger partial charge is 0.350 e. The Morgan fingerprint density at radius 2 is 1.77 bits per heavy atom. The summed E-state index contributed by atoms with van der Waals surface area (Å²) in [5.41, 5.74) is 3.08. The number of nitrogens with one attached hydrogen (secondary N) is 1. The van der Waals surface area contributed by atoms with Crippen molar-refractivity contribution in [2.45, 2.75) is 20.0 Å². The molecule has 1 fully saturated rings. The molecular weight excluding hydrogens is 333 g/mol. The minimum Gasteiger partial charge on any atom is -0.350 e. The normalized spacial score (nSPS) is 14.0. The molecule has 1 N–H and O–H groups in total. The second kappa shape index (κ2) is 7.99. The molecule has 0 bridgehead atoms. The number of hydrogen-bond donors (Lipinski definition) is 1. The molecule has 0 spiro atoms. The van der Waals surface area contributed by atoms with E-state index in [1.807, 2.05) is 31.2 Å². The van der Waals surface area contributed by atoms with Crippen LogP contribution in [0.4, 0.5) is 9.18 Å². The number of aryl methyl sites for hydroxylation is 1. The number of nitrogens with zero attached hydrogens (tertiary/aromatic N) is 2. The third-order valence-corrected chi connectivity index (χ3v) is 4.54. The average Bonchev–Trinajstić information content (AvgIpc) is 2.96. The summed E-state index contributed by atoms with van der Waals surface area (Å²) in [5, 5.41) is 2.77. The smallest absolute Gasteiger partial charge is 0.320 e. The fourth-order valence-electron chi connectivity index (χ4n) is 2.95. The maximum Gasteiger partial charge on any atom is 0.320 e. The lowest BCUT2D eigenvalue weighted by Crippen LogP contribution is -2.39. The van der Waals surface area contributed by atoms with Gasteiger partial charge in [0.05, 0.1) is 0 Å². The summed E-state index contributed by atoms with van der Waals surface area (Å²) >= 11 is 0. The molecule has 1 aliphatic rings. The fraction of sp³-hybridized carbons (Fsp3) is 0.300. The van der Waals surface area contributed by atoms with Crippen molar-refractivity contribution in [2.75, 3.05) is 19.6 Å². The predicted octanol–water partition coefficient (Wildman–Crippen LogP) is 2.69. The number of hydrogen-bond acceptors (Lipinski definition) is 2. The molecule has 0 atom stereocenters. The molecule has 0 saturated carbocycles. The number of urea groups is 1. The zero-order valence-corrected chi connectivity index (χ0v) is 14.7. The summed E-state index contributed by atoms with van der Waals surface area (Å²) in [6, 6.07) is 13.8. The van der Waals surface area contributed by atoms with Gasteiger partial charge in [0.2, 0.25) is 5.91 Å². The Kier molecular flexibility index (Phi) is 5.51. The van der Waals surface area contributed by atoms with Crippen molar-refractivity contribution >= 4 is 11.9 Å². The zero-order chi connectivity index (χ0) is 18.5. The van der Waals surface area contributed by atoms with Crippen molar-refractivity contribution in [2.24, 2.45) is 0 Å². The van der Waals surface area contributed by atoms with Gasteiger partial charge in [0, 0.05) is 26.2 Å². The van der Waals surface area contributed by atoms with E-state index in [-0.39, 0.29) is 24.3 Å². The summed E-state index contributed by atoms with van der Waals surface area (Å²) < 4.78 is 12.9. The topological polar surface area (TPSA) is 52.6 Å². The van der Waals surface area contributed by atoms with Crippen molar-refractivity contribution < 1.29 is 14.0 Å². The Hall–Kier alpha value is -2.89. The highest BCUT2D eigenvalue weighted by Crippen LogP contribution is 2.15. The van der Waals surface area contributed by atoms with Crippen molar-refractivity contribution in [1.82, 2.24) is 15.1 Å². The molecule has 0 unspecified atom stereocenters. The summed E-state index contributed by atoms with van der Waals surface area (Å²) in [6.07, 6.45) is 0. The molecule has 26 heavy (non-hydrogen) atoms. The highest BCUT2D eigenvalue weighted by molar-refractivity contribution is 5.85. The molecule has 136 valence electrons. The van der Waals surface area contributed by atoms with Crippen LogP contribution in [0.1, 0.15) is 16.7 Å². The molecule has 2 aromatic carbocycles. The van der Waals surface area contributed by atoms with E-state index in [9.17, 15) is 14.0 Å². The average molecular weight is 355 g/mol. The molecule has 2 aromatic rings. The molecule has 1 saturated heterocycles. The van der Waals surface area contributed by atoms with Crippen LogP contribution in [0.3, 0.4) is 0 Å². The Morgan fingerprint density at radius 3 is 2.50 bits per heavy atom. The van der Waals surface area contributed by atoms with Gasteiger partial charge in [-0.25, -0.2) is 9.18 Å². The lowest BCUT2D eigenvalue weighted by Gasteiger charge is -2.19. The molecule has 5 nitrogen and oxygen atoms in total. The Labute approximate surface area is 152 Å². The second-order valence-electron chi connectivity index (χ2n) is 6.46. The molecule has 6 heteroatoms. The minimum absolute atomic E-state index is 0.0320. The molecular formula is C20H22FN3O2. The summed E-state index contributed by atoms with van der Waals surface area (Å²) in [5.74, 6) is -0.531. The van der Waals surface area contributed by atoms with E-state index in [1.165, 1.54) is 12.1 Å². The first-order valence-corrected chi connectivity index (χ1v) is 8.62. The third-order valence-electron chi connectivity index (χ3n) is 4.54. The zero-order valence-electron chi connectivity index (χ0n) is 14.7. The first kappa shape index (κ1) is 17.9. The number of carbonyl (C=O) groups excluding carboxylic acids is 2. The van der Waals surface area contributed by atoms with Gasteiger partial charge in [-0.3, -0.25) is 4.79 Å². The number of rotatable bonds is 6. The maximum atomic E-state index is 12.9. The molecule has 1 heterocycles. The number of carbonyl (C=O) groups is 2. The van der Waals surface area contributed by atoms with Crippen LogP contribution in [-0.4, -0.2) is 41.4 Å². The second-order valence-corrected chi connectivity index (χ2v) is 6.46. The SMILES string of the molecule is Cc1ccccc1CN1CCN(CC(=O)NCc2ccc(F)cc2)C1=O. The number of benzene rings is 2. The van der Waals surface area contributed by atoms with Crippen LogP contribution < -0.4 is 5.32 Å². The molecule has 0 aromatic heterocycles. The van der Waals surface area contributed by atoms with Crippen LogP contribution in [0.5, 0.6) is 0 Å². The van der Waals surface area contributed by atoms with Crippen molar-refractivity contribution in [3.8, 4) is 0 Å². The van der Waals surface area contributed by atoms with Gasteiger partial charge in [-0.1, -0.05) is 36.4 Å². The van der Waals surface area contributed by atoms with Gasteiger partial charge in [0.25, 0.3) is 0 Å². The first-order valence-electron chi connectivity index (χ1n) is 8.62. The fourth-order valence-corrected chi connectivity index (χ4v) is 2.95. The minimum atomic E-state index is -0.309. The van der Waals surface area contributed by atoms with Crippen LogP contribution in [0.15, 0.2) is 48.5 Å². The Bertz CT molecular complexity index is 792. The van der Waals surface area contributed by atoms with Gasteiger partial charge < -0.3 is 15.1 Å². The standard InChI is InChI=1S/C20H22FN3O2/c1-15-4-2-3-5-17(15)13-23-10-11-24(20(23)26)14-19(25)22-12-16-6-8-18(21)9-7-16/h2-9H,10-14H2,1H3,(H,22,25). The van der Waals surface area contributed by atoms with Gasteiger partial charge >= 0.3 is 6.03 Å². The van der Waals surface area contributed by atoms with Gasteiger partial charge in [-0.2, -0.15) is 0 Å². The first-order chi connectivity index (χ1) is 12.5. The van der Waals surface area contributed by atoms with Crippen LogP contribution in [0, 0.1) is 12.7 Å². The quantitative estimate of drug-likeness (QED) is 0.866. The van der Waals surface area contributed by atoms with Gasteiger partial charge in [-0.05, 0) is 35.7 Å². The van der Waals surface area contributed by atoms with Gasteiger partial charge in [0.1, 0.15) is 12.4 Å². The van der Waals surface area contributed by atoms with Crippen LogP contribution in [-0.2, 0) is 17.9 Å². The van der Waals surface area contributed by atoms with Crippen LogP contribution in [0.25, 0.3) is 0 Å². The lowest BCUT2D eigenvalue weighted by atomic mass is 10.1. The molecule has 3 amide bonds. The summed E-state index contributed by atoms with van der Waals surface area (Å²) in [4.78, 5) is 27.9. The van der Waals surface area contributed by atoms with E-state index in [2.05, 4.69) is 5.32 Å². The third kappa shape index (κ3) is 4.39. The van der Waals surface area contributed by atoms with E-state index < -0.39 is 0 Å². The van der Waals surface area contributed by atoms with Crippen LogP contribution >= 0.6 is 0 Å². The molecule has 1 aliphatic heterocycles. The predicted molar refractivity (Wildman–Crippen MR) is 96.8 cm³/mol. The maximum absolute atomic E-state index is 12.9. The van der Waals surface area contributed by atoms with Crippen molar-refractivity contribution in [3.63, 3.8) is 0 Å². The molecule has 0 radical (unpaired) electrons. The number of amides is 3. The Balaban J connectivity index is 1.49. The summed E-state index contributed by atoms with van der Waals surface area (Å²) in [7, 11) is 0. The lowest BCUT2D eigenvalue weighted by molar-refractivity contribution is -0.121.